The molecule has 23 heavy (non-hydrogen) atoms. The van der Waals surface area contributed by atoms with Gasteiger partial charge in [0.25, 0.3) is 5.78 Å². The van der Waals surface area contributed by atoms with Crippen LogP contribution in [0.4, 0.5) is 0 Å². The normalized spacial score (nSPS) is 11.2. The van der Waals surface area contributed by atoms with Gasteiger partial charge in [-0.3, -0.25) is 4.79 Å². The molecule has 126 valence electrons. The minimum Gasteiger partial charge on any atom is -0.342 e. The Bertz CT molecular complexity index is 691. The first kappa shape index (κ1) is 17.7. The number of fused-ring (bicyclic) bond motifs is 1. The van der Waals surface area contributed by atoms with Crippen molar-refractivity contribution in [3.63, 3.8) is 0 Å². The second-order valence-corrected chi connectivity index (χ2v) is 6.40. The number of aryl methyl sites for hydroxylation is 2. The monoisotopic (exact) mass is 335 g/mol. The van der Waals surface area contributed by atoms with E-state index in [2.05, 4.69) is 28.9 Å². The van der Waals surface area contributed by atoms with Gasteiger partial charge in [0.05, 0.1) is 6.42 Å². The first-order valence-corrected chi connectivity index (χ1v) is 9.28. The lowest BCUT2D eigenvalue weighted by Crippen LogP contribution is -2.34. The topological polar surface area (TPSA) is 63.4 Å². The highest BCUT2D eigenvalue weighted by atomic mass is 32.2. The van der Waals surface area contributed by atoms with Crippen molar-refractivity contribution in [2.24, 2.45) is 0 Å². The fraction of sp³-hybridized carbons (Fsp3) is 0.625. The van der Waals surface area contributed by atoms with E-state index < -0.39 is 0 Å². The van der Waals surface area contributed by atoms with Crippen LogP contribution in [0.1, 0.15) is 43.6 Å². The van der Waals surface area contributed by atoms with Crippen LogP contribution in [0.15, 0.2) is 5.16 Å². The van der Waals surface area contributed by atoms with Crippen molar-refractivity contribution >= 4 is 23.4 Å². The van der Waals surface area contributed by atoms with Crippen LogP contribution in [-0.4, -0.2) is 49.7 Å². The molecule has 6 nitrogen and oxygen atoms in total. The number of thioether (sulfide) groups is 1. The van der Waals surface area contributed by atoms with Crippen molar-refractivity contribution in [1.29, 1.82) is 0 Å². The molecule has 0 spiro atoms. The molecule has 0 N–H and O–H groups in total. The third kappa shape index (κ3) is 3.83. The summed E-state index contributed by atoms with van der Waals surface area (Å²) < 4.78 is 1.74. The van der Waals surface area contributed by atoms with E-state index in [0.29, 0.717) is 17.4 Å². The largest absolute Gasteiger partial charge is 0.342 e. The molecule has 2 aromatic rings. The number of hydrogen-bond donors (Lipinski definition) is 0. The summed E-state index contributed by atoms with van der Waals surface area (Å²) in [6.45, 7) is 9.72. The summed E-state index contributed by atoms with van der Waals surface area (Å²) in [5.41, 5.74) is 2.76. The molecule has 0 aliphatic carbocycles. The molecule has 2 aromatic heterocycles. The summed E-state index contributed by atoms with van der Waals surface area (Å²) in [7, 11) is 0. The predicted molar refractivity (Wildman–Crippen MR) is 92.9 cm³/mol. The van der Waals surface area contributed by atoms with E-state index in [0.717, 1.165) is 42.9 Å². The molecule has 0 radical (unpaired) electrons. The fourth-order valence-electron chi connectivity index (χ4n) is 2.70. The Kier molecular flexibility index (Phi) is 5.98. The van der Waals surface area contributed by atoms with E-state index in [1.54, 1.807) is 4.52 Å². The Labute approximate surface area is 141 Å². The SMILES string of the molecule is CCCN(CCC)C(=O)Cc1c(C)nc2nc(SC)nn2c1C. The summed E-state index contributed by atoms with van der Waals surface area (Å²) >= 11 is 1.49. The number of carbonyl (C=O) groups excluding carboxylic acids is 1. The number of amides is 1. The molecule has 2 rings (SSSR count). The van der Waals surface area contributed by atoms with Gasteiger partial charge in [0.15, 0.2) is 0 Å². The Morgan fingerprint density at radius 1 is 1.17 bits per heavy atom. The van der Waals surface area contributed by atoms with Crippen LogP contribution >= 0.6 is 11.8 Å². The van der Waals surface area contributed by atoms with E-state index in [1.165, 1.54) is 11.8 Å². The van der Waals surface area contributed by atoms with Gasteiger partial charge >= 0.3 is 0 Å². The van der Waals surface area contributed by atoms with Gasteiger partial charge in [0.2, 0.25) is 11.1 Å². The standard InChI is InChI=1S/C16H25N5OS/c1-6-8-20(9-7-2)14(22)10-13-11(3)17-15-18-16(23-5)19-21(15)12(13)4/h6-10H2,1-5H3. The van der Waals surface area contributed by atoms with Gasteiger partial charge in [-0.25, -0.2) is 9.50 Å². The number of hydrogen-bond acceptors (Lipinski definition) is 5. The van der Waals surface area contributed by atoms with Crippen LogP contribution in [-0.2, 0) is 11.2 Å². The summed E-state index contributed by atoms with van der Waals surface area (Å²) in [6, 6.07) is 0. The average molecular weight is 335 g/mol. The van der Waals surface area contributed by atoms with Crippen LogP contribution in [0.25, 0.3) is 5.78 Å². The lowest BCUT2D eigenvalue weighted by atomic mass is 10.1. The van der Waals surface area contributed by atoms with E-state index in [9.17, 15) is 4.79 Å². The first-order valence-electron chi connectivity index (χ1n) is 8.06. The third-order valence-corrected chi connectivity index (χ3v) is 4.42. The van der Waals surface area contributed by atoms with Crippen molar-refractivity contribution in [1.82, 2.24) is 24.5 Å². The Morgan fingerprint density at radius 2 is 1.83 bits per heavy atom. The smallest absolute Gasteiger partial charge is 0.253 e. The minimum atomic E-state index is 0.159. The van der Waals surface area contributed by atoms with Crippen LogP contribution in [0, 0.1) is 13.8 Å². The Balaban J connectivity index is 2.33. The first-order chi connectivity index (χ1) is 11.0. The highest BCUT2D eigenvalue weighted by molar-refractivity contribution is 7.98. The zero-order chi connectivity index (χ0) is 17.0. The zero-order valence-electron chi connectivity index (χ0n) is 14.6. The molecule has 1 amide bonds. The highest BCUT2D eigenvalue weighted by Crippen LogP contribution is 2.18. The van der Waals surface area contributed by atoms with Crippen molar-refractivity contribution in [3.05, 3.63) is 17.0 Å². The van der Waals surface area contributed by atoms with Gasteiger partial charge in [-0.2, -0.15) is 4.98 Å². The van der Waals surface area contributed by atoms with Crippen molar-refractivity contribution in [2.75, 3.05) is 19.3 Å². The molecule has 0 saturated heterocycles. The lowest BCUT2D eigenvalue weighted by molar-refractivity contribution is -0.130. The fourth-order valence-corrected chi connectivity index (χ4v) is 3.03. The van der Waals surface area contributed by atoms with Crippen LogP contribution < -0.4 is 0 Å². The van der Waals surface area contributed by atoms with E-state index in [4.69, 9.17) is 0 Å². The van der Waals surface area contributed by atoms with E-state index in [1.807, 2.05) is 25.0 Å². The number of rotatable bonds is 7. The quantitative estimate of drug-likeness (QED) is 0.728. The average Bonchev–Trinajstić information content (AvgIpc) is 2.94. The summed E-state index contributed by atoms with van der Waals surface area (Å²) in [5.74, 6) is 0.755. The molecule has 0 fully saturated rings. The van der Waals surface area contributed by atoms with E-state index in [-0.39, 0.29) is 5.91 Å². The number of aromatic nitrogens is 4. The second-order valence-electron chi connectivity index (χ2n) is 5.63. The molecule has 2 heterocycles. The van der Waals surface area contributed by atoms with Gasteiger partial charge in [-0.05, 0) is 32.9 Å². The van der Waals surface area contributed by atoms with Crippen molar-refractivity contribution in [3.8, 4) is 0 Å². The summed E-state index contributed by atoms with van der Waals surface area (Å²) in [5, 5.41) is 5.13. The molecular weight excluding hydrogens is 310 g/mol. The maximum absolute atomic E-state index is 12.6. The van der Waals surface area contributed by atoms with Crippen LogP contribution in [0.3, 0.4) is 0 Å². The molecule has 0 aliphatic rings. The summed E-state index contributed by atoms with van der Waals surface area (Å²) in [4.78, 5) is 23.5. The number of nitrogens with zero attached hydrogens (tertiary/aromatic N) is 5. The molecule has 0 aromatic carbocycles. The van der Waals surface area contributed by atoms with Gasteiger partial charge in [-0.1, -0.05) is 25.6 Å². The highest BCUT2D eigenvalue weighted by Gasteiger charge is 2.18. The van der Waals surface area contributed by atoms with Gasteiger partial charge < -0.3 is 4.90 Å². The summed E-state index contributed by atoms with van der Waals surface area (Å²) in [6.07, 6.45) is 4.26. The number of carbonyl (C=O) groups is 1. The molecule has 0 bridgehead atoms. The van der Waals surface area contributed by atoms with E-state index >= 15 is 0 Å². The van der Waals surface area contributed by atoms with Crippen molar-refractivity contribution in [2.45, 2.75) is 52.1 Å². The van der Waals surface area contributed by atoms with Gasteiger partial charge in [0.1, 0.15) is 0 Å². The molecule has 0 saturated carbocycles. The molecule has 0 aliphatic heterocycles. The van der Waals surface area contributed by atoms with Crippen molar-refractivity contribution < 1.29 is 4.79 Å². The second kappa shape index (κ2) is 7.77. The molecule has 7 heteroatoms. The molecule has 0 atom stereocenters. The third-order valence-electron chi connectivity index (χ3n) is 3.88. The molecule has 0 unspecified atom stereocenters. The predicted octanol–water partition coefficient (Wildman–Crippen LogP) is 2.65. The Hall–Kier alpha value is -1.63. The van der Waals surface area contributed by atoms with Gasteiger partial charge in [0, 0.05) is 30.0 Å². The maximum atomic E-state index is 12.6. The van der Waals surface area contributed by atoms with Gasteiger partial charge in [-0.15, -0.1) is 5.10 Å². The van der Waals surface area contributed by atoms with Crippen LogP contribution in [0.5, 0.6) is 0 Å². The maximum Gasteiger partial charge on any atom is 0.253 e. The van der Waals surface area contributed by atoms with Crippen LogP contribution in [0.2, 0.25) is 0 Å². The zero-order valence-corrected chi connectivity index (χ0v) is 15.4. The lowest BCUT2D eigenvalue weighted by Gasteiger charge is -2.22. The Morgan fingerprint density at radius 3 is 2.39 bits per heavy atom. The molecular formula is C16H25N5OS. The minimum absolute atomic E-state index is 0.159.